The number of ether oxygens (including phenoxy) is 1. The average Bonchev–Trinajstić information content (AvgIpc) is 2.47. The van der Waals surface area contributed by atoms with E-state index in [1.54, 1.807) is 24.3 Å². The van der Waals surface area contributed by atoms with E-state index in [-0.39, 0.29) is 6.54 Å². The van der Waals surface area contributed by atoms with E-state index in [2.05, 4.69) is 10.6 Å². The Balaban J connectivity index is 2.07. The SMILES string of the molecule is COc1cccc(NC(=O)N2CCNCC2C(=O)O)c1. The smallest absolute Gasteiger partial charge is 0.327 e. The summed E-state index contributed by atoms with van der Waals surface area (Å²) in [4.78, 5) is 24.6. The number of nitrogens with zero attached hydrogens (tertiary/aromatic N) is 1. The van der Waals surface area contributed by atoms with Crippen LogP contribution in [0.1, 0.15) is 0 Å². The molecule has 1 fully saturated rings. The minimum Gasteiger partial charge on any atom is -0.497 e. The number of anilines is 1. The highest BCUT2D eigenvalue weighted by Gasteiger charge is 2.31. The number of carbonyl (C=O) groups excluding carboxylic acids is 1. The minimum absolute atomic E-state index is 0.251. The third kappa shape index (κ3) is 3.18. The van der Waals surface area contributed by atoms with Gasteiger partial charge in [0.05, 0.1) is 7.11 Å². The van der Waals surface area contributed by atoms with Gasteiger partial charge in [-0.1, -0.05) is 6.07 Å². The molecule has 0 saturated carbocycles. The fourth-order valence-corrected chi connectivity index (χ4v) is 2.06. The molecule has 0 radical (unpaired) electrons. The fourth-order valence-electron chi connectivity index (χ4n) is 2.06. The molecule has 0 aromatic heterocycles. The van der Waals surface area contributed by atoms with Crippen molar-refractivity contribution in [2.45, 2.75) is 6.04 Å². The van der Waals surface area contributed by atoms with Gasteiger partial charge in [-0.05, 0) is 12.1 Å². The highest BCUT2D eigenvalue weighted by atomic mass is 16.5. The number of aliphatic carboxylic acids is 1. The van der Waals surface area contributed by atoms with E-state index >= 15 is 0 Å². The summed E-state index contributed by atoms with van der Waals surface area (Å²) in [6, 6.07) is 5.64. The first-order valence-electron chi connectivity index (χ1n) is 6.27. The molecular weight excluding hydrogens is 262 g/mol. The maximum atomic E-state index is 12.2. The van der Waals surface area contributed by atoms with E-state index < -0.39 is 18.0 Å². The van der Waals surface area contributed by atoms with E-state index in [1.807, 2.05) is 0 Å². The third-order valence-corrected chi connectivity index (χ3v) is 3.11. The van der Waals surface area contributed by atoms with Crippen LogP contribution in [0, 0.1) is 0 Å². The molecule has 7 nitrogen and oxygen atoms in total. The first-order valence-corrected chi connectivity index (χ1v) is 6.27. The van der Waals surface area contributed by atoms with Gasteiger partial charge in [0.25, 0.3) is 0 Å². The zero-order chi connectivity index (χ0) is 14.5. The first kappa shape index (κ1) is 14.1. The maximum Gasteiger partial charge on any atom is 0.327 e. The zero-order valence-corrected chi connectivity index (χ0v) is 11.1. The van der Waals surface area contributed by atoms with Crippen LogP contribution < -0.4 is 15.4 Å². The predicted octanol–water partition coefficient (Wildman–Crippen LogP) is 0.585. The van der Waals surface area contributed by atoms with Crippen LogP contribution in [-0.4, -0.2) is 54.8 Å². The number of carboxylic acid groups (broad SMARTS) is 1. The van der Waals surface area contributed by atoms with Gasteiger partial charge in [0.2, 0.25) is 0 Å². The number of urea groups is 1. The molecule has 1 aliphatic rings. The molecule has 0 spiro atoms. The van der Waals surface area contributed by atoms with Crippen molar-refractivity contribution in [1.29, 1.82) is 0 Å². The molecule has 2 rings (SSSR count). The Morgan fingerprint density at radius 3 is 3.00 bits per heavy atom. The van der Waals surface area contributed by atoms with Gasteiger partial charge < -0.3 is 25.4 Å². The third-order valence-electron chi connectivity index (χ3n) is 3.11. The predicted molar refractivity (Wildman–Crippen MR) is 73.0 cm³/mol. The molecule has 0 bridgehead atoms. The van der Waals surface area contributed by atoms with Crippen LogP contribution in [0.2, 0.25) is 0 Å². The van der Waals surface area contributed by atoms with Crippen molar-refractivity contribution in [2.75, 3.05) is 32.1 Å². The summed E-state index contributed by atoms with van der Waals surface area (Å²) in [5.74, 6) is -0.393. The number of hydrogen-bond donors (Lipinski definition) is 3. The van der Waals surface area contributed by atoms with Crippen molar-refractivity contribution in [3.8, 4) is 5.75 Å². The van der Waals surface area contributed by atoms with Crippen LogP contribution in [0.3, 0.4) is 0 Å². The molecule has 1 aliphatic heterocycles. The molecule has 108 valence electrons. The van der Waals surface area contributed by atoms with Crippen LogP contribution in [0.25, 0.3) is 0 Å². The molecule has 20 heavy (non-hydrogen) atoms. The molecule has 1 atom stereocenters. The second-order valence-corrected chi connectivity index (χ2v) is 4.41. The normalized spacial score (nSPS) is 18.4. The molecule has 1 unspecified atom stereocenters. The van der Waals surface area contributed by atoms with Gasteiger partial charge >= 0.3 is 12.0 Å². The van der Waals surface area contributed by atoms with Gasteiger partial charge in [0.15, 0.2) is 0 Å². The lowest BCUT2D eigenvalue weighted by Crippen LogP contribution is -2.58. The first-order chi connectivity index (χ1) is 9.61. The number of amides is 2. The summed E-state index contributed by atoms with van der Waals surface area (Å²) in [7, 11) is 1.54. The molecule has 2 amide bonds. The molecule has 1 heterocycles. The van der Waals surface area contributed by atoms with Gasteiger partial charge in [-0.25, -0.2) is 9.59 Å². The lowest BCUT2D eigenvalue weighted by Gasteiger charge is -2.33. The Kier molecular flexibility index (Phi) is 4.41. The molecule has 7 heteroatoms. The van der Waals surface area contributed by atoms with E-state index in [0.29, 0.717) is 24.5 Å². The number of carboxylic acids is 1. The number of benzene rings is 1. The van der Waals surface area contributed by atoms with Gasteiger partial charge in [-0.2, -0.15) is 0 Å². The quantitative estimate of drug-likeness (QED) is 0.753. The highest BCUT2D eigenvalue weighted by molar-refractivity contribution is 5.92. The molecule has 1 saturated heterocycles. The van der Waals surface area contributed by atoms with Gasteiger partial charge in [-0.15, -0.1) is 0 Å². The number of carbonyl (C=O) groups is 2. The number of piperazine rings is 1. The van der Waals surface area contributed by atoms with Crippen molar-refractivity contribution in [2.24, 2.45) is 0 Å². The van der Waals surface area contributed by atoms with Crippen molar-refractivity contribution in [1.82, 2.24) is 10.2 Å². The number of nitrogens with one attached hydrogen (secondary N) is 2. The van der Waals surface area contributed by atoms with E-state index in [4.69, 9.17) is 9.84 Å². The van der Waals surface area contributed by atoms with Crippen LogP contribution in [-0.2, 0) is 4.79 Å². The number of rotatable bonds is 3. The van der Waals surface area contributed by atoms with E-state index in [9.17, 15) is 9.59 Å². The molecule has 1 aromatic rings. The summed E-state index contributed by atoms with van der Waals surface area (Å²) < 4.78 is 5.07. The summed E-state index contributed by atoms with van der Waals surface area (Å²) >= 11 is 0. The lowest BCUT2D eigenvalue weighted by molar-refractivity contribution is -0.142. The van der Waals surface area contributed by atoms with Gasteiger partial charge in [0.1, 0.15) is 11.8 Å². The Morgan fingerprint density at radius 2 is 2.30 bits per heavy atom. The van der Waals surface area contributed by atoms with Crippen molar-refractivity contribution in [3.05, 3.63) is 24.3 Å². The Morgan fingerprint density at radius 1 is 1.50 bits per heavy atom. The largest absolute Gasteiger partial charge is 0.497 e. The van der Waals surface area contributed by atoms with E-state index in [0.717, 1.165) is 0 Å². The summed E-state index contributed by atoms with van der Waals surface area (Å²) in [6.45, 7) is 1.18. The van der Waals surface area contributed by atoms with Crippen molar-refractivity contribution >= 4 is 17.7 Å². The Labute approximate surface area is 116 Å². The Bertz CT molecular complexity index is 506. The molecular formula is C13H17N3O4. The highest BCUT2D eigenvalue weighted by Crippen LogP contribution is 2.17. The number of methoxy groups -OCH3 is 1. The van der Waals surface area contributed by atoms with Gasteiger partial charge in [0, 0.05) is 31.4 Å². The molecule has 3 N–H and O–H groups in total. The second kappa shape index (κ2) is 6.25. The Hall–Kier alpha value is -2.28. The zero-order valence-electron chi connectivity index (χ0n) is 11.1. The summed E-state index contributed by atoms with van der Waals surface area (Å²) in [6.07, 6.45) is 0. The summed E-state index contributed by atoms with van der Waals surface area (Å²) in [5.41, 5.74) is 0.567. The van der Waals surface area contributed by atoms with Crippen LogP contribution in [0.5, 0.6) is 5.75 Å². The fraction of sp³-hybridized carbons (Fsp3) is 0.385. The van der Waals surface area contributed by atoms with E-state index in [1.165, 1.54) is 12.0 Å². The van der Waals surface area contributed by atoms with Crippen molar-refractivity contribution in [3.63, 3.8) is 0 Å². The minimum atomic E-state index is -1.02. The molecule has 0 aliphatic carbocycles. The lowest BCUT2D eigenvalue weighted by atomic mass is 10.2. The monoisotopic (exact) mass is 279 g/mol. The second-order valence-electron chi connectivity index (χ2n) is 4.41. The van der Waals surface area contributed by atoms with Crippen molar-refractivity contribution < 1.29 is 19.4 Å². The van der Waals surface area contributed by atoms with Crippen LogP contribution >= 0.6 is 0 Å². The topological polar surface area (TPSA) is 90.9 Å². The molecule has 1 aromatic carbocycles. The van der Waals surface area contributed by atoms with Gasteiger partial charge in [-0.3, -0.25) is 0 Å². The van der Waals surface area contributed by atoms with Crippen LogP contribution in [0.4, 0.5) is 10.5 Å². The maximum absolute atomic E-state index is 12.2. The summed E-state index contributed by atoms with van der Waals surface area (Å²) in [5, 5.41) is 14.8. The number of hydrogen-bond acceptors (Lipinski definition) is 4. The average molecular weight is 279 g/mol. The standard InChI is InChI=1S/C13H17N3O4/c1-20-10-4-2-3-9(7-10)15-13(19)16-6-5-14-8-11(16)12(17)18/h2-4,7,11,14H,5-6,8H2,1H3,(H,15,19)(H,17,18). The van der Waals surface area contributed by atoms with Crippen LogP contribution in [0.15, 0.2) is 24.3 Å².